The quantitative estimate of drug-likeness (QED) is 0.580. The summed E-state index contributed by atoms with van der Waals surface area (Å²) in [5.74, 6) is 0.195. The predicted octanol–water partition coefficient (Wildman–Crippen LogP) is 4.02. The maximum atomic E-state index is 12.4. The summed E-state index contributed by atoms with van der Waals surface area (Å²) < 4.78 is 5.59. The summed E-state index contributed by atoms with van der Waals surface area (Å²) in [6, 6.07) is 15.4. The lowest BCUT2D eigenvalue weighted by atomic mass is 10.0. The average Bonchev–Trinajstić information content (AvgIpc) is 2.62. The van der Waals surface area contributed by atoms with Crippen LogP contribution in [0.4, 0.5) is 5.69 Å². The second-order valence-electron chi connectivity index (χ2n) is 5.77. The molecule has 2 rings (SSSR count). The second-order valence-corrected chi connectivity index (χ2v) is 5.77. The summed E-state index contributed by atoms with van der Waals surface area (Å²) in [6.45, 7) is 3.73. The molecular weight excluding hydrogens is 320 g/mol. The molecule has 6 heteroatoms. The van der Waals surface area contributed by atoms with Crippen LogP contribution >= 0.6 is 0 Å². The normalized spacial score (nSPS) is 12.9. The molecule has 1 amide bonds. The molecule has 132 valence electrons. The molecule has 0 aliphatic carbocycles. The topological polar surface area (TPSA) is 81.5 Å². The van der Waals surface area contributed by atoms with Gasteiger partial charge in [-0.05, 0) is 31.0 Å². The van der Waals surface area contributed by atoms with Crippen molar-refractivity contribution in [3.05, 3.63) is 70.3 Å². The first-order valence-corrected chi connectivity index (χ1v) is 8.27. The van der Waals surface area contributed by atoms with Crippen molar-refractivity contribution >= 4 is 11.6 Å². The standard InChI is InChI=1S/C19H22N2O4/c1-3-7-18(15-8-5-4-6-9-15)20-19(22)14(2)25-17-12-10-16(11-13-17)21(23)24/h4-6,8-14,18H,3,7H2,1-2H3,(H,20,22)/t14-,18+/m0/s1. The van der Waals surface area contributed by atoms with Crippen LogP contribution in [-0.2, 0) is 4.79 Å². The number of nitro benzene ring substituents is 1. The van der Waals surface area contributed by atoms with Gasteiger partial charge in [-0.2, -0.15) is 0 Å². The lowest BCUT2D eigenvalue weighted by Gasteiger charge is -2.21. The zero-order valence-electron chi connectivity index (χ0n) is 14.3. The highest BCUT2D eigenvalue weighted by Gasteiger charge is 2.20. The van der Waals surface area contributed by atoms with Gasteiger partial charge in [-0.1, -0.05) is 43.7 Å². The molecule has 0 aromatic heterocycles. The minimum atomic E-state index is -0.704. The second kappa shape index (κ2) is 8.82. The van der Waals surface area contributed by atoms with Crippen molar-refractivity contribution in [3.63, 3.8) is 0 Å². The van der Waals surface area contributed by atoms with Crippen molar-refractivity contribution in [1.29, 1.82) is 0 Å². The average molecular weight is 342 g/mol. The number of carbonyl (C=O) groups is 1. The molecule has 0 saturated heterocycles. The molecule has 0 aliphatic rings. The van der Waals surface area contributed by atoms with Gasteiger partial charge in [0.05, 0.1) is 11.0 Å². The number of nitrogens with one attached hydrogen (secondary N) is 1. The molecule has 2 aromatic rings. The SMILES string of the molecule is CCC[C@@H](NC(=O)[C@H](C)Oc1ccc([N+](=O)[O-])cc1)c1ccccc1. The number of benzene rings is 2. The molecule has 25 heavy (non-hydrogen) atoms. The van der Waals surface area contributed by atoms with Gasteiger partial charge in [0.25, 0.3) is 11.6 Å². The minimum absolute atomic E-state index is 0.0171. The molecule has 2 atom stereocenters. The Labute approximate surface area is 147 Å². The van der Waals surface area contributed by atoms with Gasteiger partial charge in [-0.15, -0.1) is 0 Å². The Morgan fingerprint density at radius 3 is 2.36 bits per heavy atom. The van der Waals surface area contributed by atoms with Crippen LogP contribution in [-0.4, -0.2) is 16.9 Å². The first-order chi connectivity index (χ1) is 12.0. The van der Waals surface area contributed by atoms with Crippen LogP contribution in [0.3, 0.4) is 0 Å². The van der Waals surface area contributed by atoms with E-state index in [1.165, 1.54) is 24.3 Å². The molecule has 2 aromatic carbocycles. The first-order valence-electron chi connectivity index (χ1n) is 8.27. The number of nitro groups is 1. The van der Waals surface area contributed by atoms with Crippen LogP contribution < -0.4 is 10.1 Å². The monoisotopic (exact) mass is 342 g/mol. The third-order valence-electron chi connectivity index (χ3n) is 3.83. The first kappa shape index (κ1) is 18.4. The molecule has 0 fully saturated rings. The van der Waals surface area contributed by atoms with Crippen LogP contribution in [0.15, 0.2) is 54.6 Å². The van der Waals surface area contributed by atoms with E-state index in [4.69, 9.17) is 4.74 Å². The number of ether oxygens (including phenoxy) is 1. The number of hydrogen-bond donors (Lipinski definition) is 1. The van der Waals surface area contributed by atoms with E-state index in [0.717, 1.165) is 18.4 Å². The summed E-state index contributed by atoms with van der Waals surface area (Å²) in [4.78, 5) is 22.6. The van der Waals surface area contributed by atoms with Gasteiger partial charge >= 0.3 is 0 Å². The summed E-state index contributed by atoms with van der Waals surface area (Å²) >= 11 is 0. The number of nitrogens with zero attached hydrogens (tertiary/aromatic N) is 1. The zero-order valence-corrected chi connectivity index (χ0v) is 14.3. The Kier molecular flexibility index (Phi) is 6.51. The highest BCUT2D eigenvalue weighted by molar-refractivity contribution is 5.81. The smallest absolute Gasteiger partial charge is 0.269 e. The zero-order chi connectivity index (χ0) is 18.2. The van der Waals surface area contributed by atoms with Crippen molar-refractivity contribution in [2.45, 2.75) is 38.8 Å². The van der Waals surface area contributed by atoms with E-state index in [1.807, 2.05) is 30.3 Å². The predicted molar refractivity (Wildman–Crippen MR) is 95.4 cm³/mol. The Hall–Kier alpha value is -2.89. The van der Waals surface area contributed by atoms with E-state index in [2.05, 4.69) is 12.2 Å². The van der Waals surface area contributed by atoms with Gasteiger partial charge in [0.2, 0.25) is 0 Å². The molecule has 6 nitrogen and oxygen atoms in total. The van der Waals surface area contributed by atoms with Crippen LogP contribution in [0.1, 0.15) is 38.3 Å². The van der Waals surface area contributed by atoms with Gasteiger partial charge < -0.3 is 10.1 Å². The molecule has 0 heterocycles. The molecule has 0 aliphatic heterocycles. The Balaban J connectivity index is 1.99. The van der Waals surface area contributed by atoms with E-state index in [1.54, 1.807) is 6.92 Å². The van der Waals surface area contributed by atoms with Crippen LogP contribution in [0, 0.1) is 10.1 Å². The Morgan fingerprint density at radius 2 is 1.80 bits per heavy atom. The van der Waals surface area contributed by atoms with Crippen molar-refractivity contribution in [1.82, 2.24) is 5.32 Å². The van der Waals surface area contributed by atoms with Gasteiger partial charge in [0.15, 0.2) is 6.10 Å². The van der Waals surface area contributed by atoms with E-state index in [9.17, 15) is 14.9 Å². The number of carbonyl (C=O) groups excluding carboxylic acids is 1. The van der Waals surface area contributed by atoms with Crippen molar-refractivity contribution in [2.24, 2.45) is 0 Å². The number of amides is 1. The van der Waals surface area contributed by atoms with E-state index in [0.29, 0.717) is 5.75 Å². The van der Waals surface area contributed by atoms with Gasteiger partial charge in [-0.25, -0.2) is 0 Å². The largest absolute Gasteiger partial charge is 0.481 e. The third-order valence-corrected chi connectivity index (χ3v) is 3.83. The molecule has 1 N–H and O–H groups in total. The lowest BCUT2D eigenvalue weighted by Crippen LogP contribution is -2.38. The summed E-state index contributed by atoms with van der Waals surface area (Å²) in [5, 5.41) is 13.7. The van der Waals surface area contributed by atoms with E-state index >= 15 is 0 Å². The van der Waals surface area contributed by atoms with E-state index < -0.39 is 11.0 Å². The van der Waals surface area contributed by atoms with Gasteiger partial charge in [-0.3, -0.25) is 14.9 Å². The third kappa shape index (κ3) is 5.31. The Morgan fingerprint density at radius 1 is 1.16 bits per heavy atom. The Bertz CT molecular complexity index is 701. The van der Waals surface area contributed by atoms with Crippen molar-refractivity contribution in [3.8, 4) is 5.75 Å². The fourth-order valence-electron chi connectivity index (χ4n) is 2.49. The summed E-state index contributed by atoms with van der Waals surface area (Å²) in [6.07, 6.45) is 1.07. The fraction of sp³-hybridized carbons (Fsp3) is 0.316. The minimum Gasteiger partial charge on any atom is -0.481 e. The maximum absolute atomic E-state index is 12.4. The fourth-order valence-corrected chi connectivity index (χ4v) is 2.49. The molecule has 0 bridgehead atoms. The number of rotatable bonds is 8. The highest BCUT2D eigenvalue weighted by atomic mass is 16.6. The molecule has 0 saturated carbocycles. The van der Waals surface area contributed by atoms with E-state index in [-0.39, 0.29) is 17.6 Å². The van der Waals surface area contributed by atoms with Gasteiger partial charge in [0, 0.05) is 12.1 Å². The lowest BCUT2D eigenvalue weighted by molar-refractivity contribution is -0.384. The number of non-ortho nitro benzene ring substituents is 1. The summed E-state index contributed by atoms with van der Waals surface area (Å²) in [7, 11) is 0. The molecular formula is C19H22N2O4. The van der Waals surface area contributed by atoms with Crippen LogP contribution in [0.25, 0.3) is 0 Å². The van der Waals surface area contributed by atoms with Crippen molar-refractivity contribution in [2.75, 3.05) is 0 Å². The maximum Gasteiger partial charge on any atom is 0.269 e. The highest BCUT2D eigenvalue weighted by Crippen LogP contribution is 2.20. The van der Waals surface area contributed by atoms with Gasteiger partial charge in [0.1, 0.15) is 5.75 Å². The van der Waals surface area contributed by atoms with Crippen LogP contribution in [0.5, 0.6) is 5.75 Å². The number of hydrogen-bond acceptors (Lipinski definition) is 4. The molecule has 0 spiro atoms. The summed E-state index contributed by atoms with van der Waals surface area (Å²) in [5.41, 5.74) is 1.04. The van der Waals surface area contributed by atoms with Crippen LogP contribution in [0.2, 0.25) is 0 Å². The molecule has 0 unspecified atom stereocenters. The molecule has 0 radical (unpaired) electrons. The van der Waals surface area contributed by atoms with Crippen molar-refractivity contribution < 1.29 is 14.5 Å².